The zero-order valence-corrected chi connectivity index (χ0v) is 14.2. The van der Waals surface area contributed by atoms with E-state index in [4.69, 9.17) is 5.11 Å². The van der Waals surface area contributed by atoms with Crippen molar-refractivity contribution in [3.8, 4) is 0 Å². The maximum Gasteiger partial charge on any atom is 0.303 e. The fourth-order valence-corrected chi connectivity index (χ4v) is 3.28. The number of hydrogen-bond acceptors (Lipinski definition) is 4. The minimum atomic E-state index is -0.822. The smallest absolute Gasteiger partial charge is 0.303 e. The van der Waals surface area contributed by atoms with Crippen LogP contribution >= 0.6 is 0 Å². The van der Waals surface area contributed by atoms with Crippen LogP contribution in [0.25, 0.3) is 11.0 Å². The highest BCUT2D eigenvalue weighted by Crippen LogP contribution is 2.18. The minimum absolute atomic E-state index is 0.0189. The topological polar surface area (TPSA) is 96.2 Å². The molecular formula is C18H24N4O3. The van der Waals surface area contributed by atoms with E-state index >= 15 is 0 Å². The molecule has 3 rings (SSSR count). The third kappa shape index (κ3) is 4.57. The molecule has 2 aromatic rings. The van der Waals surface area contributed by atoms with Gasteiger partial charge in [-0.05, 0) is 50.4 Å². The van der Waals surface area contributed by atoms with Crippen molar-refractivity contribution in [3.05, 3.63) is 30.1 Å². The summed E-state index contributed by atoms with van der Waals surface area (Å²) in [6.45, 7) is 1.93. The number of carbonyl (C=O) groups excluding carboxylic acids is 1. The number of amides is 1. The largest absolute Gasteiger partial charge is 0.481 e. The summed E-state index contributed by atoms with van der Waals surface area (Å²) in [7, 11) is 0. The Morgan fingerprint density at radius 1 is 1.28 bits per heavy atom. The van der Waals surface area contributed by atoms with Gasteiger partial charge in [-0.25, -0.2) is 9.66 Å². The van der Waals surface area contributed by atoms with Crippen molar-refractivity contribution in [1.82, 2.24) is 15.0 Å². The van der Waals surface area contributed by atoms with Crippen LogP contribution in [0.1, 0.15) is 37.9 Å². The lowest BCUT2D eigenvalue weighted by Gasteiger charge is -2.22. The minimum Gasteiger partial charge on any atom is -0.481 e. The Labute approximate surface area is 146 Å². The summed E-state index contributed by atoms with van der Waals surface area (Å²) in [5.74, 6) is 0.264. The molecule has 25 heavy (non-hydrogen) atoms. The quantitative estimate of drug-likeness (QED) is 0.713. The number of benzene rings is 1. The molecule has 1 fully saturated rings. The number of rotatable bonds is 7. The standard InChI is InChI=1S/C18H24N4O3/c23-17(12-13-8-10-19-11-9-13)21-22-15-5-2-1-4-14(15)20-16(22)6-3-7-18(24)25/h1-2,4-5,13,19H,3,6-12H2,(H,21,23)(H,24,25). The van der Waals surface area contributed by atoms with Crippen molar-refractivity contribution in [2.75, 3.05) is 18.5 Å². The van der Waals surface area contributed by atoms with Crippen LogP contribution in [0, 0.1) is 5.92 Å². The molecule has 1 aromatic heterocycles. The first-order valence-electron chi connectivity index (χ1n) is 8.82. The molecule has 2 heterocycles. The Bertz CT molecular complexity index is 750. The van der Waals surface area contributed by atoms with Crippen molar-refractivity contribution in [2.24, 2.45) is 5.92 Å². The van der Waals surface area contributed by atoms with Gasteiger partial charge < -0.3 is 10.4 Å². The molecule has 7 heteroatoms. The van der Waals surface area contributed by atoms with E-state index < -0.39 is 5.97 Å². The number of piperidine rings is 1. The van der Waals surface area contributed by atoms with Crippen LogP contribution in [0.15, 0.2) is 24.3 Å². The molecule has 0 unspecified atom stereocenters. The molecule has 0 bridgehead atoms. The second-order valence-corrected chi connectivity index (χ2v) is 6.53. The molecule has 0 radical (unpaired) electrons. The highest BCUT2D eigenvalue weighted by molar-refractivity contribution is 5.87. The summed E-state index contributed by atoms with van der Waals surface area (Å²) in [5, 5.41) is 12.1. The van der Waals surface area contributed by atoms with Crippen LogP contribution in [0.2, 0.25) is 0 Å². The molecule has 0 aliphatic carbocycles. The van der Waals surface area contributed by atoms with Crippen molar-refractivity contribution in [3.63, 3.8) is 0 Å². The number of carbonyl (C=O) groups is 2. The number of aromatic nitrogens is 2. The number of imidazole rings is 1. The third-order valence-corrected chi connectivity index (χ3v) is 4.59. The van der Waals surface area contributed by atoms with Gasteiger partial charge in [0.15, 0.2) is 0 Å². The van der Waals surface area contributed by atoms with Gasteiger partial charge in [-0.2, -0.15) is 0 Å². The van der Waals surface area contributed by atoms with Crippen LogP contribution in [0.5, 0.6) is 0 Å². The monoisotopic (exact) mass is 344 g/mol. The number of carboxylic acid groups (broad SMARTS) is 1. The van der Waals surface area contributed by atoms with E-state index in [0.717, 1.165) is 37.0 Å². The van der Waals surface area contributed by atoms with Gasteiger partial charge in [-0.1, -0.05) is 12.1 Å². The zero-order chi connectivity index (χ0) is 17.6. The highest BCUT2D eigenvalue weighted by atomic mass is 16.4. The number of aliphatic carboxylic acids is 1. The molecule has 7 nitrogen and oxygen atoms in total. The van der Waals surface area contributed by atoms with Crippen molar-refractivity contribution in [2.45, 2.75) is 38.5 Å². The average molecular weight is 344 g/mol. The Kier molecular flexibility index (Phi) is 5.65. The Morgan fingerprint density at radius 2 is 2.04 bits per heavy atom. The number of carboxylic acids is 1. The number of aryl methyl sites for hydroxylation is 1. The number of fused-ring (bicyclic) bond motifs is 1. The Hall–Kier alpha value is -2.41. The molecule has 1 amide bonds. The molecule has 0 atom stereocenters. The summed E-state index contributed by atoms with van der Waals surface area (Å²) in [6.07, 6.45) is 3.62. The number of hydrogen-bond donors (Lipinski definition) is 3. The first kappa shape index (κ1) is 17.4. The summed E-state index contributed by atoms with van der Waals surface area (Å²) >= 11 is 0. The molecule has 1 aliphatic rings. The van der Waals surface area contributed by atoms with E-state index in [-0.39, 0.29) is 12.3 Å². The number of para-hydroxylation sites is 2. The van der Waals surface area contributed by atoms with Gasteiger partial charge in [0.1, 0.15) is 5.82 Å². The third-order valence-electron chi connectivity index (χ3n) is 4.59. The lowest BCUT2D eigenvalue weighted by Crippen LogP contribution is -2.32. The predicted octanol–water partition coefficient (Wildman–Crippen LogP) is 1.90. The second-order valence-electron chi connectivity index (χ2n) is 6.53. The second kappa shape index (κ2) is 8.11. The van der Waals surface area contributed by atoms with Gasteiger partial charge >= 0.3 is 5.97 Å². The van der Waals surface area contributed by atoms with Crippen LogP contribution in [-0.4, -0.2) is 39.7 Å². The van der Waals surface area contributed by atoms with E-state index in [1.807, 2.05) is 24.3 Å². The van der Waals surface area contributed by atoms with E-state index in [9.17, 15) is 9.59 Å². The summed E-state index contributed by atoms with van der Waals surface area (Å²) < 4.78 is 1.72. The van der Waals surface area contributed by atoms with E-state index in [2.05, 4.69) is 15.7 Å². The van der Waals surface area contributed by atoms with Crippen molar-refractivity contribution in [1.29, 1.82) is 0 Å². The lowest BCUT2D eigenvalue weighted by atomic mass is 9.94. The maximum absolute atomic E-state index is 12.5. The first-order chi connectivity index (χ1) is 12.1. The van der Waals surface area contributed by atoms with Crippen LogP contribution in [0.3, 0.4) is 0 Å². The van der Waals surface area contributed by atoms with Gasteiger partial charge in [0.05, 0.1) is 11.0 Å². The van der Waals surface area contributed by atoms with E-state index in [0.29, 0.717) is 31.0 Å². The fraction of sp³-hybridized carbons (Fsp3) is 0.500. The van der Waals surface area contributed by atoms with E-state index in [1.54, 1.807) is 4.68 Å². The molecule has 3 N–H and O–H groups in total. The Morgan fingerprint density at radius 3 is 2.80 bits per heavy atom. The predicted molar refractivity (Wildman–Crippen MR) is 94.9 cm³/mol. The molecule has 134 valence electrons. The van der Waals surface area contributed by atoms with Gasteiger partial charge in [0.25, 0.3) is 0 Å². The lowest BCUT2D eigenvalue weighted by molar-refractivity contribution is -0.137. The molecule has 0 saturated carbocycles. The van der Waals surface area contributed by atoms with Gasteiger partial charge in [0.2, 0.25) is 5.91 Å². The van der Waals surface area contributed by atoms with Crippen molar-refractivity contribution < 1.29 is 14.7 Å². The SMILES string of the molecule is O=C(O)CCCc1nc2ccccc2n1NC(=O)CC1CCNCC1. The van der Waals surface area contributed by atoms with Gasteiger partial charge in [-0.3, -0.25) is 15.0 Å². The molecule has 1 aliphatic heterocycles. The summed E-state index contributed by atoms with van der Waals surface area (Å²) in [5.41, 5.74) is 4.61. The molecule has 1 aromatic carbocycles. The number of nitrogens with one attached hydrogen (secondary N) is 2. The molecule has 0 spiro atoms. The number of nitrogens with zero attached hydrogens (tertiary/aromatic N) is 2. The fourth-order valence-electron chi connectivity index (χ4n) is 3.28. The molecular weight excluding hydrogens is 320 g/mol. The summed E-state index contributed by atoms with van der Waals surface area (Å²) in [6, 6.07) is 7.61. The van der Waals surface area contributed by atoms with E-state index in [1.165, 1.54) is 0 Å². The first-order valence-corrected chi connectivity index (χ1v) is 8.82. The summed E-state index contributed by atoms with van der Waals surface area (Å²) in [4.78, 5) is 27.8. The highest BCUT2D eigenvalue weighted by Gasteiger charge is 2.19. The maximum atomic E-state index is 12.5. The van der Waals surface area contributed by atoms with Gasteiger partial charge in [0, 0.05) is 19.3 Å². The van der Waals surface area contributed by atoms with Crippen LogP contribution in [-0.2, 0) is 16.0 Å². The molecule has 1 saturated heterocycles. The van der Waals surface area contributed by atoms with Crippen molar-refractivity contribution >= 4 is 22.9 Å². The zero-order valence-electron chi connectivity index (χ0n) is 14.2. The normalized spacial score (nSPS) is 15.4. The van der Waals surface area contributed by atoms with Crippen LogP contribution in [0.4, 0.5) is 0 Å². The van der Waals surface area contributed by atoms with Crippen LogP contribution < -0.4 is 10.7 Å². The Balaban J connectivity index is 1.73. The average Bonchev–Trinajstić information content (AvgIpc) is 2.93. The van der Waals surface area contributed by atoms with Gasteiger partial charge in [-0.15, -0.1) is 0 Å².